The fourth-order valence-corrected chi connectivity index (χ4v) is 3.44. The molecule has 0 aliphatic carbocycles. The molecule has 0 aromatic heterocycles. The lowest BCUT2D eigenvalue weighted by Gasteiger charge is -2.32. The van der Waals surface area contributed by atoms with E-state index >= 15 is 0 Å². The van der Waals surface area contributed by atoms with Crippen LogP contribution < -0.4 is 0 Å². The van der Waals surface area contributed by atoms with Gasteiger partial charge in [0.15, 0.2) is 0 Å². The Morgan fingerprint density at radius 3 is 2.45 bits per heavy atom. The van der Waals surface area contributed by atoms with Gasteiger partial charge in [0.1, 0.15) is 0 Å². The number of allylic oxidation sites excluding steroid dienone is 2. The van der Waals surface area contributed by atoms with E-state index in [1.54, 1.807) is 6.08 Å². The van der Waals surface area contributed by atoms with Crippen molar-refractivity contribution in [2.45, 2.75) is 44.4 Å². The Balaban J connectivity index is 1.89. The number of nitrogens with zero attached hydrogens (tertiary/aromatic N) is 1. The zero-order valence-corrected chi connectivity index (χ0v) is 17.4. The van der Waals surface area contributed by atoms with Gasteiger partial charge in [-0.3, -0.25) is 0 Å². The first-order valence-corrected chi connectivity index (χ1v) is 10.2. The summed E-state index contributed by atoms with van der Waals surface area (Å²) >= 11 is 0. The van der Waals surface area contributed by atoms with Crippen LogP contribution in [0.1, 0.15) is 43.2 Å². The molecule has 31 heavy (non-hydrogen) atoms. The van der Waals surface area contributed by atoms with Gasteiger partial charge < -0.3 is 20.2 Å². The quantitative estimate of drug-likeness (QED) is 0.488. The highest BCUT2D eigenvalue weighted by Gasteiger charge is 2.43. The summed E-state index contributed by atoms with van der Waals surface area (Å²) in [6.07, 6.45) is 2.46. The SMILES string of the molecule is C#Cc1ccc(C(/C=C\C(=N)C2CCN(C(=O)O[C@H](CO)C(F)(F)F)CC2)CC)cc1. The van der Waals surface area contributed by atoms with Crippen molar-refractivity contribution in [1.82, 2.24) is 4.90 Å². The third kappa shape index (κ3) is 6.86. The number of halogens is 3. The summed E-state index contributed by atoms with van der Waals surface area (Å²) in [5.41, 5.74) is 2.34. The minimum Gasteiger partial charge on any atom is -0.434 e. The highest BCUT2D eigenvalue weighted by atomic mass is 19.4. The standard InChI is InChI=1S/C23H27F3N2O3/c1-3-16-5-7-18(8-6-16)17(4-2)9-10-20(27)19-11-13-28(14-12-19)22(30)31-21(15-29)23(24,25)26/h1,5-10,17,19,21,27,29H,4,11-15H2,2H3/b10-9-,27-20?/t17?,21-/m1/s1. The summed E-state index contributed by atoms with van der Waals surface area (Å²) in [5, 5.41) is 17.1. The molecule has 1 saturated heterocycles. The van der Waals surface area contributed by atoms with E-state index in [9.17, 15) is 18.0 Å². The maximum Gasteiger partial charge on any atom is 0.427 e. The average Bonchev–Trinajstić information content (AvgIpc) is 2.77. The van der Waals surface area contributed by atoms with Crippen LogP contribution in [0.5, 0.6) is 0 Å². The second kappa shape index (κ2) is 11.0. The van der Waals surface area contributed by atoms with Crippen LogP contribution in [-0.4, -0.2) is 53.8 Å². The van der Waals surface area contributed by atoms with Gasteiger partial charge in [-0.05, 0) is 43.0 Å². The number of rotatable bonds is 7. The van der Waals surface area contributed by atoms with Crippen molar-refractivity contribution in [2.75, 3.05) is 19.7 Å². The molecule has 1 aromatic carbocycles. The highest BCUT2D eigenvalue weighted by molar-refractivity contribution is 5.94. The predicted molar refractivity (Wildman–Crippen MR) is 112 cm³/mol. The van der Waals surface area contributed by atoms with Gasteiger partial charge in [-0.2, -0.15) is 13.2 Å². The maximum absolute atomic E-state index is 12.7. The summed E-state index contributed by atoms with van der Waals surface area (Å²) in [7, 11) is 0. The van der Waals surface area contributed by atoms with Gasteiger partial charge in [0, 0.05) is 36.2 Å². The maximum atomic E-state index is 12.7. The average molecular weight is 436 g/mol. The molecule has 1 aliphatic heterocycles. The Kier molecular flexibility index (Phi) is 8.69. The number of likely N-dealkylation sites (tertiary alicyclic amines) is 1. The van der Waals surface area contributed by atoms with Gasteiger partial charge in [-0.15, -0.1) is 6.42 Å². The van der Waals surface area contributed by atoms with E-state index in [1.807, 2.05) is 30.3 Å². The van der Waals surface area contributed by atoms with Crippen LogP contribution in [0.4, 0.5) is 18.0 Å². The fraction of sp³-hybridized carbons (Fsp3) is 0.478. The van der Waals surface area contributed by atoms with E-state index in [0.717, 1.165) is 17.5 Å². The summed E-state index contributed by atoms with van der Waals surface area (Å²) in [4.78, 5) is 13.1. The van der Waals surface area contributed by atoms with E-state index in [1.165, 1.54) is 4.90 Å². The summed E-state index contributed by atoms with van der Waals surface area (Å²) in [6.45, 7) is 1.13. The lowest BCUT2D eigenvalue weighted by Crippen LogP contribution is -2.45. The van der Waals surface area contributed by atoms with Gasteiger partial charge in [-0.25, -0.2) is 4.79 Å². The lowest BCUT2D eigenvalue weighted by atomic mass is 9.89. The molecule has 2 rings (SSSR count). The Morgan fingerprint density at radius 2 is 1.97 bits per heavy atom. The van der Waals surface area contributed by atoms with E-state index in [-0.39, 0.29) is 24.9 Å². The zero-order chi connectivity index (χ0) is 23.0. The largest absolute Gasteiger partial charge is 0.434 e. The Labute approximate surface area is 180 Å². The van der Waals surface area contributed by atoms with Crippen LogP contribution in [-0.2, 0) is 4.74 Å². The Morgan fingerprint density at radius 1 is 1.35 bits per heavy atom. The molecule has 0 spiro atoms. The molecule has 0 bridgehead atoms. The third-order valence-electron chi connectivity index (χ3n) is 5.42. The number of aliphatic hydroxyl groups excluding tert-OH is 1. The number of carbonyl (C=O) groups is 1. The number of ether oxygens (including phenoxy) is 1. The van der Waals surface area contributed by atoms with Crippen LogP contribution in [0.25, 0.3) is 0 Å². The molecule has 5 nitrogen and oxygen atoms in total. The number of hydrogen-bond acceptors (Lipinski definition) is 4. The topological polar surface area (TPSA) is 73.6 Å². The van der Waals surface area contributed by atoms with Gasteiger partial charge >= 0.3 is 12.3 Å². The second-order valence-electron chi connectivity index (χ2n) is 7.45. The van der Waals surface area contributed by atoms with Crippen molar-refractivity contribution in [1.29, 1.82) is 5.41 Å². The number of piperidine rings is 1. The first-order valence-electron chi connectivity index (χ1n) is 10.2. The molecule has 8 heteroatoms. The summed E-state index contributed by atoms with van der Waals surface area (Å²) in [5.74, 6) is 2.63. The van der Waals surface area contributed by atoms with Crippen LogP contribution >= 0.6 is 0 Å². The molecule has 2 N–H and O–H groups in total. The monoisotopic (exact) mass is 436 g/mol. The van der Waals surface area contributed by atoms with Gasteiger partial charge in [0.05, 0.1) is 6.61 Å². The molecule has 2 atom stereocenters. The number of terminal acetylenes is 1. The van der Waals surface area contributed by atoms with Crippen molar-refractivity contribution >= 4 is 11.8 Å². The third-order valence-corrected chi connectivity index (χ3v) is 5.42. The number of carbonyl (C=O) groups excluding carboxylic acids is 1. The normalized spacial score (nSPS) is 17.2. The van der Waals surface area contributed by atoms with Gasteiger partial charge in [-0.1, -0.05) is 31.1 Å². The van der Waals surface area contributed by atoms with E-state index in [2.05, 4.69) is 17.6 Å². The molecule has 1 aliphatic rings. The van der Waals surface area contributed by atoms with Crippen molar-refractivity contribution in [3.8, 4) is 12.3 Å². The molecule has 0 saturated carbocycles. The Hall–Kier alpha value is -2.79. The molecule has 1 aromatic rings. The fourth-order valence-electron chi connectivity index (χ4n) is 3.44. The predicted octanol–water partition coefficient (Wildman–Crippen LogP) is 4.51. The zero-order valence-electron chi connectivity index (χ0n) is 17.4. The first kappa shape index (κ1) is 24.5. The first-order chi connectivity index (χ1) is 14.7. The van der Waals surface area contributed by atoms with Crippen LogP contribution in [0.15, 0.2) is 36.4 Å². The van der Waals surface area contributed by atoms with Crippen molar-refractivity contribution < 1.29 is 27.8 Å². The minimum atomic E-state index is -4.81. The van der Waals surface area contributed by atoms with Crippen LogP contribution in [0, 0.1) is 23.7 Å². The molecule has 1 amide bonds. The molecule has 168 valence electrons. The lowest BCUT2D eigenvalue weighted by molar-refractivity contribution is -0.214. The number of benzene rings is 1. The second-order valence-corrected chi connectivity index (χ2v) is 7.45. The number of aliphatic hydroxyl groups is 1. The smallest absolute Gasteiger partial charge is 0.427 e. The minimum absolute atomic E-state index is 0.0853. The molecule has 0 radical (unpaired) electrons. The number of amides is 1. The van der Waals surface area contributed by atoms with E-state index in [0.29, 0.717) is 18.6 Å². The van der Waals surface area contributed by atoms with Gasteiger partial charge in [0.25, 0.3) is 0 Å². The highest BCUT2D eigenvalue weighted by Crippen LogP contribution is 2.26. The van der Waals surface area contributed by atoms with Gasteiger partial charge in [0.2, 0.25) is 6.10 Å². The summed E-state index contributed by atoms with van der Waals surface area (Å²) < 4.78 is 42.4. The Bertz CT molecular complexity index is 820. The van der Waals surface area contributed by atoms with Crippen molar-refractivity contribution in [3.05, 3.63) is 47.5 Å². The van der Waals surface area contributed by atoms with E-state index < -0.39 is 25.0 Å². The van der Waals surface area contributed by atoms with Crippen molar-refractivity contribution in [2.24, 2.45) is 5.92 Å². The molecular formula is C23H27F3N2O3. The van der Waals surface area contributed by atoms with Crippen molar-refractivity contribution in [3.63, 3.8) is 0 Å². The molecule has 1 unspecified atom stereocenters. The van der Waals surface area contributed by atoms with E-state index in [4.69, 9.17) is 16.9 Å². The van der Waals surface area contributed by atoms with Crippen LogP contribution in [0.2, 0.25) is 0 Å². The summed E-state index contributed by atoms with van der Waals surface area (Å²) in [6, 6.07) is 7.71. The number of alkyl halides is 3. The molecular weight excluding hydrogens is 409 g/mol. The molecule has 1 heterocycles. The van der Waals surface area contributed by atoms with Crippen LogP contribution in [0.3, 0.4) is 0 Å². The molecule has 1 fully saturated rings. The number of hydrogen-bond donors (Lipinski definition) is 2. The number of nitrogens with one attached hydrogen (secondary N) is 1.